The molecule has 0 heterocycles. The molecule has 0 fully saturated rings. The molecule has 0 N–H and O–H groups in total. The lowest BCUT2D eigenvalue weighted by Crippen LogP contribution is -2.30. The number of benzene rings is 2. The van der Waals surface area contributed by atoms with E-state index >= 15 is 0 Å². The van der Waals surface area contributed by atoms with Gasteiger partial charge >= 0.3 is 17.9 Å². The molecule has 0 spiro atoms. The number of carbonyl (C=O) groups is 3. The first-order valence-corrected chi connectivity index (χ1v) is 10.4. The van der Waals surface area contributed by atoms with Crippen molar-refractivity contribution in [1.29, 1.82) is 0 Å². The Balaban J connectivity index is 1.95. The lowest BCUT2D eigenvalue weighted by molar-refractivity contribution is -0.160. The number of hydrogen-bond acceptors (Lipinski definition) is 6. The smallest absolute Gasteiger partial charge is 0.333 e. The Morgan fingerprint density at radius 1 is 0.788 bits per heavy atom. The van der Waals surface area contributed by atoms with Gasteiger partial charge in [-0.1, -0.05) is 66.2 Å². The van der Waals surface area contributed by atoms with Gasteiger partial charge in [0.05, 0.1) is 0 Å². The number of hydrogen-bond donors (Lipinski definition) is 0. The molecule has 0 radical (unpaired) electrons. The molecule has 2 aromatic rings. The number of aryl methyl sites for hydroxylation is 2. The first-order chi connectivity index (χ1) is 15.7. The summed E-state index contributed by atoms with van der Waals surface area (Å²) < 4.78 is 15.6. The molecule has 2 aromatic carbocycles. The van der Waals surface area contributed by atoms with Gasteiger partial charge in [0, 0.05) is 17.7 Å². The van der Waals surface area contributed by atoms with Crippen LogP contribution in [0.4, 0.5) is 0 Å². The molecule has 0 aliphatic carbocycles. The molecule has 0 bridgehead atoms. The monoisotopic (exact) mass is 448 g/mol. The van der Waals surface area contributed by atoms with Crippen LogP contribution in [0, 0.1) is 13.8 Å². The van der Waals surface area contributed by atoms with Crippen molar-refractivity contribution in [2.45, 2.75) is 26.9 Å². The molecule has 1 atom stereocenters. The highest BCUT2D eigenvalue weighted by Gasteiger charge is 2.18. The Kier molecular flexibility index (Phi) is 9.83. The molecule has 0 aliphatic rings. The van der Waals surface area contributed by atoms with E-state index in [1.807, 2.05) is 62.4 Å². The van der Waals surface area contributed by atoms with Gasteiger partial charge in [0.1, 0.15) is 13.2 Å². The third-order valence-corrected chi connectivity index (χ3v) is 4.42. The van der Waals surface area contributed by atoms with Crippen molar-refractivity contribution >= 4 is 30.1 Å². The topological polar surface area (TPSA) is 78.9 Å². The third kappa shape index (κ3) is 9.82. The van der Waals surface area contributed by atoms with Gasteiger partial charge in [-0.3, -0.25) is 0 Å². The minimum atomic E-state index is -0.972. The summed E-state index contributed by atoms with van der Waals surface area (Å²) >= 11 is 0. The quantitative estimate of drug-likeness (QED) is 0.300. The van der Waals surface area contributed by atoms with E-state index in [0.717, 1.165) is 22.3 Å². The summed E-state index contributed by atoms with van der Waals surface area (Å²) in [6.45, 7) is 8.41. The normalized spacial score (nSPS) is 11.8. The van der Waals surface area contributed by atoms with Crippen LogP contribution in [0.15, 0.2) is 72.8 Å². The zero-order chi connectivity index (χ0) is 24.2. The third-order valence-electron chi connectivity index (χ3n) is 4.42. The van der Waals surface area contributed by atoms with E-state index in [4.69, 9.17) is 14.2 Å². The maximum absolute atomic E-state index is 12.2. The molecular formula is C27H28O6. The van der Waals surface area contributed by atoms with Crippen LogP contribution in [-0.2, 0) is 28.6 Å². The molecule has 6 heteroatoms. The van der Waals surface area contributed by atoms with Gasteiger partial charge in [-0.05, 0) is 44.1 Å². The maximum atomic E-state index is 12.2. The first-order valence-electron chi connectivity index (χ1n) is 10.4. The summed E-state index contributed by atoms with van der Waals surface area (Å²) in [5.41, 5.74) is 4.09. The zero-order valence-corrected chi connectivity index (χ0v) is 19.1. The summed E-state index contributed by atoms with van der Waals surface area (Å²) in [5.74, 6) is -1.90. The Bertz CT molecular complexity index is 1030. The summed E-state index contributed by atoms with van der Waals surface area (Å²) in [7, 11) is 0. The van der Waals surface area contributed by atoms with E-state index in [1.165, 1.54) is 19.1 Å². The second-order valence-corrected chi connectivity index (χ2v) is 7.56. The van der Waals surface area contributed by atoms with Crippen molar-refractivity contribution in [2.75, 3.05) is 13.2 Å². The van der Waals surface area contributed by atoms with Crippen LogP contribution in [0.25, 0.3) is 12.2 Å². The van der Waals surface area contributed by atoms with Gasteiger partial charge in [-0.25, -0.2) is 14.4 Å². The molecule has 6 nitrogen and oxygen atoms in total. The lowest BCUT2D eigenvalue weighted by Gasteiger charge is -2.17. The fourth-order valence-corrected chi connectivity index (χ4v) is 2.52. The highest BCUT2D eigenvalue weighted by Crippen LogP contribution is 2.08. The zero-order valence-electron chi connectivity index (χ0n) is 19.1. The van der Waals surface area contributed by atoms with Crippen molar-refractivity contribution in [3.63, 3.8) is 0 Å². The molecule has 0 aliphatic heterocycles. The molecule has 0 aromatic heterocycles. The molecule has 0 amide bonds. The fraction of sp³-hybridized carbons (Fsp3) is 0.222. The number of ether oxygens (including phenoxy) is 3. The Morgan fingerprint density at radius 2 is 1.24 bits per heavy atom. The van der Waals surface area contributed by atoms with Gasteiger partial charge in [0.2, 0.25) is 0 Å². The maximum Gasteiger partial charge on any atom is 0.333 e. The SMILES string of the molecule is C=C(C)C(=O)OCC(COC(=O)/C=C/c1ccc(C)cc1)OC(=O)/C=C/c1ccc(C)cc1. The van der Waals surface area contributed by atoms with Crippen molar-refractivity contribution in [3.8, 4) is 0 Å². The van der Waals surface area contributed by atoms with Crippen molar-refractivity contribution in [2.24, 2.45) is 0 Å². The van der Waals surface area contributed by atoms with Crippen LogP contribution in [0.3, 0.4) is 0 Å². The molecular weight excluding hydrogens is 420 g/mol. The fourth-order valence-electron chi connectivity index (χ4n) is 2.52. The van der Waals surface area contributed by atoms with Gasteiger partial charge < -0.3 is 14.2 Å². The van der Waals surface area contributed by atoms with Crippen LogP contribution in [-0.4, -0.2) is 37.2 Å². The van der Waals surface area contributed by atoms with Crippen LogP contribution < -0.4 is 0 Å². The van der Waals surface area contributed by atoms with Crippen molar-refractivity contribution in [1.82, 2.24) is 0 Å². The highest BCUT2D eigenvalue weighted by molar-refractivity contribution is 5.88. The predicted octanol–water partition coefficient (Wildman–Crippen LogP) is 4.60. The van der Waals surface area contributed by atoms with Gasteiger partial charge in [-0.15, -0.1) is 0 Å². The summed E-state index contributed by atoms with van der Waals surface area (Å²) in [6, 6.07) is 15.2. The Hall–Kier alpha value is -3.93. The Labute approximate surface area is 194 Å². The van der Waals surface area contributed by atoms with E-state index in [9.17, 15) is 14.4 Å². The molecule has 0 saturated heterocycles. The highest BCUT2D eigenvalue weighted by atomic mass is 16.6. The van der Waals surface area contributed by atoms with E-state index in [2.05, 4.69) is 6.58 Å². The van der Waals surface area contributed by atoms with Gasteiger partial charge in [-0.2, -0.15) is 0 Å². The van der Waals surface area contributed by atoms with E-state index in [1.54, 1.807) is 12.2 Å². The summed E-state index contributed by atoms with van der Waals surface area (Å²) in [4.78, 5) is 36.0. The summed E-state index contributed by atoms with van der Waals surface area (Å²) in [5, 5.41) is 0. The number of esters is 3. The molecule has 33 heavy (non-hydrogen) atoms. The molecule has 172 valence electrons. The largest absolute Gasteiger partial charge is 0.458 e. The van der Waals surface area contributed by atoms with Crippen LogP contribution in [0.2, 0.25) is 0 Å². The Morgan fingerprint density at radius 3 is 1.73 bits per heavy atom. The van der Waals surface area contributed by atoms with Gasteiger partial charge in [0.15, 0.2) is 6.10 Å². The lowest BCUT2D eigenvalue weighted by atomic mass is 10.1. The van der Waals surface area contributed by atoms with Crippen LogP contribution in [0.1, 0.15) is 29.2 Å². The average molecular weight is 449 g/mol. The van der Waals surface area contributed by atoms with Crippen molar-refractivity contribution < 1.29 is 28.6 Å². The van der Waals surface area contributed by atoms with E-state index < -0.39 is 24.0 Å². The second-order valence-electron chi connectivity index (χ2n) is 7.56. The minimum Gasteiger partial charge on any atom is -0.458 e. The standard InChI is InChI=1S/C27H28O6/c1-19(2)27(30)32-18-24(33-26(29)16-14-23-11-7-21(4)8-12-23)17-31-25(28)15-13-22-9-5-20(3)6-10-22/h5-16,24H,1,17-18H2,2-4H3/b15-13+,16-14+. The molecule has 1 unspecified atom stereocenters. The van der Waals surface area contributed by atoms with Crippen LogP contribution in [0.5, 0.6) is 0 Å². The first kappa shape index (κ1) is 25.3. The summed E-state index contributed by atoms with van der Waals surface area (Å²) in [6.07, 6.45) is 4.79. The minimum absolute atomic E-state index is 0.206. The van der Waals surface area contributed by atoms with Crippen LogP contribution >= 0.6 is 0 Å². The average Bonchev–Trinajstić information content (AvgIpc) is 2.79. The van der Waals surface area contributed by atoms with E-state index in [0.29, 0.717) is 0 Å². The molecule has 0 saturated carbocycles. The second kappa shape index (κ2) is 12.8. The number of carbonyl (C=O) groups excluding carboxylic acids is 3. The number of rotatable bonds is 10. The predicted molar refractivity (Wildman–Crippen MR) is 127 cm³/mol. The van der Waals surface area contributed by atoms with E-state index in [-0.39, 0.29) is 18.8 Å². The van der Waals surface area contributed by atoms with Crippen molar-refractivity contribution in [3.05, 3.63) is 95.1 Å². The van der Waals surface area contributed by atoms with Gasteiger partial charge in [0.25, 0.3) is 0 Å². The molecule has 2 rings (SSSR count).